The first-order chi connectivity index (χ1) is 10.2. The van der Waals surface area contributed by atoms with Crippen LogP contribution in [-0.4, -0.2) is 42.3 Å². The van der Waals surface area contributed by atoms with Crippen molar-refractivity contribution in [1.29, 1.82) is 0 Å². The van der Waals surface area contributed by atoms with Gasteiger partial charge in [-0.25, -0.2) is 13.6 Å². The van der Waals surface area contributed by atoms with E-state index in [2.05, 4.69) is 5.32 Å². The summed E-state index contributed by atoms with van der Waals surface area (Å²) in [6.45, 7) is 1.48. The van der Waals surface area contributed by atoms with E-state index >= 15 is 0 Å². The van der Waals surface area contributed by atoms with E-state index in [9.17, 15) is 28.7 Å². The molecule has 10 heteroatoms. The molecular weight excluding hydrogens is 314 g/mol. The van der Waals surface area contributed by atoms with Crippen molar-refractivity contribution in [2.45, 2.75) is 36.8 Å². The van der Waals surface area contributed by atoms with Crippen molar-refractivity contribution >= 4 is 21.4 Å². The predicted molar refractivity (Wildman–Crippen MR) is 79.9 cm³/mol. The molecule has 0 saturated carbocycles. The van der Waals surface area contributed by atoms with Crippen molar-refractivity contribution in [3.05, 3.63) is 28.3 Å². The van der Waals surface area contributed by atoms with Gasteiger partial charge in [-0.3, -0.25) is 10.1 Å². The highest BCUT2D eigenvalue weighted by Gasteiger charge is 2.24. The topological polar surface area (TPSA) is 156 Å². The fraction of sp³-hybridized carbons (Fsp3) is 0.500. The number of hydrogen-bond donors (Lipinski definition) is 4. The number of nitrogens with one attached hydrogen (secondary N) is 1. The van der Waals surface area contributed by atoms with E-state index in [0.717, 1.165) is 12.1 Å². The number of aliphatic hydroxyl groups is 2. The molecule has 0 fully saturated rings. The van der Waals surface area contributed by atoms with Crippen LogP contribution in [-0.2, 0) is 10.0 Å². The number of nitro groups is 1. The van der Waals surface area contributed by atoms with Gasteiger partial charge in [0.1, 0.15) is 0 Å². The highest BCUT2D eigenvalue weighted by molar-refractivity contribution is 7.89. The van der Waals surface area contributed by atoms with Crippen LogP contribution in [0.25, 0.3) is 0 Å². The molecule has 0 spiro atoms. The average molecular weight is 333 g/mol. The molecule has 0 radical (unpaired) electrons. The molecule has 2 unspecified atom stereocenters. The maximum atomic E-state index is 11.3. The summed E-state index contributed by atoms with van der Waals surface area (Å²) < 4.78 is 22.6. The molecular formula is C12H19N3O6S. The van der Waals surface area contributed by atoms with Crippen molar-refractivity contribution in [2.24, 2.45) is 5.14 Å². The molecule has 0 aliphatic carbocycles. The van der Waals surface area contributed by atoms with Crippen LogP contribution in [0.15, 0.2) is 23.1 Å². The van der Waals surface area contributed by atoms with Crippen molar-refractivity contribution in [2.75, 3.05) is 11.9 Å². The Morgan fingerprint density at radius 3 is 2.55 bits per heavy atom. The van der Waals surface area contributed by atoms with Crippen LogP contribution in [0.2, 0.25) is 0 Å². The molecule has 1 aromatic carbocycles. The molecule has 0 heterocycles. The van der Waals surface area contributed by atoms with E-state index in [-0.39, 0.29) is 12.3 Å². The van der Waals surface area contributed by atoms with E-state index in [1.165, 1.54) is 6.07 Å². The monoisotopic (exact) mass is 333 g/mol. The van der Waals surface area contributed by atoms with Crippen molar-refractivity contribution < 1.29 is 23.6 Å². The van der Waals surface area contributed by atoms with Gasteiger partial charge in [0, 0.05) is 11.8 Å². The third kappa shape index (κ3) is 4.63. The van der Waals surface area contributed by atoms with E-state index < -0.39 is 37.7 Å². The zero-order chi connectivity index (χ0) is 16.9. The molecule has 0 amide bonds. The Bertz CT molecular complexity index is 634. The maximum Gasteiger partial charge on any atom is 0.291 e. The second kappa shape index (κ2) is 7.49. The van der Waals surface area contributed by atoms with Crippen molar-refractivity contribution in [3.63, 3.8) is 0 Å². The molecule has 0 aliphatic rings. The van der Waals surface area contributed by atoms with Gasteiger partial charge in [-0.15, -0.1) is 0 Å². The standard InChI is InChI=1S/C12H19N3O6S/c1-2-3-11(17)9(7-16)14-8-4-5-12(22(13,20)21)10(6-8)15(18)19/h4-6,9,11,14,16-17H,2-3,7H2,1H3,(H2,13,20,21). The highest BCUT2D eigenvalue weighted by atomic mass is 32.2. The lowest BCUT2D eigenvalue weighted by atomic mass is 10.1. The van der Waals surface area contributed by atoms with Gasteiger partial charge in [0.05, 0.1) is 23.7 Å². The number of nitro benzene ring substituents is 1. The summed E-state index contributed by atoms with van der Waals surface area (Å²) in [4.78, 5) is 9.51. The number of nitrogens with two attached hydrogens (primary N) is 1. The van der Waals surface area contributed by atoms with Crippen molar-refractivity contribution in [3.8, 4) is 0 Å². The summed E-state index contributed by atoms with van der Waals surface area (Å²) >= 11 is 0. The maximum absolute atomic E-state index is 11.3. The number of anilines is 1. The molecule has 9 nitrogen and oxygen atoms in total. The second-order valence-electron chi connectivity index (χ2n) is 4.77. The van der Waals surface area contributed by atoms with E-state index in [0.29, 0.717) is 12.8 Å². The lowest BCUT2D eigenvalue weighted by Gasteiger charge is -2.23. The largest absolute Gasteiger partial charge is 0.394 e. The minimum Gasteiger partial charge on any atom is -0.394 e. The normalized spacial score (nSPS) is 14.4. The molecule has 22 heavy (non-hydrogen) atoms. The quantitative estimate of drug-likeness (QED) is 0.390. The zero-order valence-electron chi connectivity index (χ0n) is 12.0. The van der Waals surface area contributed by atoms with Gasteiger partial charge >= 0.3 is 0 Å². The molecule has 1 rings (SSSR count). The summed E-state index contributed by atoms with van der Waals surface area (Å²) in [7, 11) is -4.22. The fourth-order valence-corrected chi connectivity index (χ4v) is 2.65. The van der Waals surface area contributed by atoms with Crippen LogP contribution in [0.3, 0.4) is 0 Å². The molecule has 124 valence electrons. The van der Waals surface area contributed by atoms with Crippen LogP contribution in [0, 0.1) is 10.1 Å². The lowest BCUT2D eigenvalue weighted by molar-refractivity contribution is -0.387. The summed E-state index contributed by atoms with van der Waals surface area (Å²) in [5.74, 6) is 0. The molecule has 1 aromatic rings. The summed E-state index contributed by atoms with van der Waals surface area (Å²) in [6, 6.07) is 2.57. The number of rotatable bonds is 8. The number of aliphatic hydroxyl groups excluding tert-OH is 2. The molecule has 0 bridgehead atoms. The second-order valence-corrected chi connectivity index (χ2v) is 6.30. The molecule has 2 atom stereocenters. The fourth-order valence-electron chi connectivity index (χ4n) is 1.96. The first-order valence-corrected chi connectivity index (χ1v) is 8.12. The van der Waals surface area contributed by atoms with E-state index in [1.54, 1.807) is 0 Å². The Kier molecular flexibility index (Phi) is 6.23. The van der Waals surface area contributed by atoms with Crippen LogP contribution in [0.4, 0.5) is 11.4 Å². The number of benzene rings is 1. The van der Waals surface area contributed by atoms with Gasteiger partial charge in [-0.1, -0.05) is 13.3 Å². The number of hydrogen-bond acceptors (Lipinski definition) is 7. The lowest BCUT2D eigenvalue weighted by Crippen LogP contribution is -2.36. The smallest absolute Gasteiger partial charge is 0.291 e. The van der Waals surface area contributed by atoms with E-state index in [4.69, 9.17) is 5.14 Å². The van der Waals surface area contributed by atoms with Crippen LogP contribution in [0.5, 0.6) is 0 Å². The number of primary sulfonamides is 1. The molecule has 0 aromatic heterocycles. The third-order valence-electron chi connectivity index (χ3n) is 3.06. The van der Waals surface area contributed by atoms with Crippen LogP contribution < -0.4 is 10.5 Å². The van der Waals surface area contributed by atoms with Gasteiger partial charge in [-0.05, 0) is 18.6 Å². The number of sulfonamides is 1. The molecule has 0 aliphatic heterocycles. The highest BCUT2D eigenvalue weighted by Crippen LogP contribution is 2.27. The average Bonchev–Trinajstić information content (AvgIpc) is 2.43. The Labute approximate surface area is 128 Å². The van der Waals surface area contributed by atoms with Gasteiger partial charge < -0.3 is 15.5 Å². The van der Waals surface area contributed by atoms with Crippen molar-refractivity contribution in [1.82, 2.24) is 0 Å². The minimum absolute atomic E-state index is 0.202. The summed E-state index contributed by atoms with van der Waals surface area (Å²) in [5, 5.41) is 37.8. The third-order valence-corrected chi connectivity index (χ3v) is 4.02. The van der Waals surface area contributed by atoms with Gasteiger partial charge in [0.25, 0.3) is 5.69 Å². The Balaban J connectivity index is 3.12. The first kappa shape index (κ1) is 18.3. The van der Waals surface area contributed by atoms with Crippen LogP contribution >= 0.6 is 0 Å². The van der Waals surface area contributed by atoms with Gasteiger partial charge in [-0.2, -0.15) is 0 Å². The summed E-state index contributed by atoms with van der Waals surface area (Å²) in [6.07, 6.45) is 0.298. The SMILES string of the molecule is CCCC(O)C(CO)Nc1ccc(S(N)(=O)=O)c([N+](=O)[O-])c1. The predicted octanol–water partition coefficient (Wildman–Crippen LogP) is 0.176. The van der Waals surface area contributed by atoms with Crippen LogP contribution in [0.1, 0.15) is 19.8 Å². The number of nitrogens with zero attached hydrogens (tertiary/aromatic N) is 1. The van der Waals surface area contributed by atoms with Gasteiger partial charge in [0.15, 0.2) is 4.90 Å². The van der Waals surface area contributed by atoms with Gasteiger partial charge in [0.2, 0.25) is 10.0 Å². The first-order valence-electron chi connectivity index (χ1n) is 6.57. The molecule has 0 saturated heterocycles. The minimum atomic E-state index is -4.22. The summed E-state index contributed by atoms with van der Waals surface area (Å²) in [5.41, 5.74) is -0.470. The Hall–Kier alpha value is -1.75. The Morgan fingerprint density at radius 1 is 1.45 bits per heavy atom. The molecule has 5 N–H and O–H groups in total. The van der Waals surface area contributed by atoms with E-state index in [1.807, 2.05) is 6.92 Å². The zero-order valence-corrected chi connectivity index (χ0v) is 12.8. The Morgan fingerprint density at radius 2 is 2.09 bits per heavy atom.